The minimum atomic E-state index is 0.178. The van der Waals surface area contributed by atoms with Crippen molar-refractivity contribution in [3.63, 3.8) is 0 Å². The van der Waals surface area contributed by atoms with Gasteiger partial charge in [-0.25, -0.2) is 0 Å². The Morgan fingerprint density at radius 3 is 1.84 bits per heavy atom. The molecule has 4 heteroatoms. The van der Waals surface area contributed by atoms with Crippen molar-refractivity contribution in [3.8, 4) is 0 Å². The number of nitrogens with zero attached hydrogens (tertiary/aromatic N) is 1. The van der Waals surface area contributed by atoms with Gasteiger partial charge in [0.05, 0.1) is 13.2 Å². The molecule has 4 nitrogen and oxygen atoms in total. The Balaban J connectivity index is 4.28. The van der Waals surface area contributed by atoms with Crippen LogP contribution in [0.3, 0.4) is 0 Å². The maximum atomic E-state index is 5.20. The van der Waals surface area contributed by atoms with Crippen molar-refractivity contribution in [2.24, 2.45) is 5.92 Å². The van der Waals surface area contributed by atoms with Crippen LogP contribution in [0.15, 0.2) is 0 Å². The van der Waals surface area contributed by atoms with Crippen LogP contribution in [0.2, 0.25) is 0 Å². The third-order valence-corrected chi connectivity index (χ3v) is 3.52. The minimum Gasteiger partial charge on any atom is -0.383 e. The van der Waals surface area contributed by atoms with Gasteiger partial charge in [-0.05, 0) is 40.2 Å². The smallest absolute Gasteiger partial charge is 0.0589 e. The van der Waals surface area contributed by atoms with Gasteiger partial charge in [-0.15, -0.1) is 0 Å². The monoisotopic (exact) mass is 274 g/mol. The molecule has 0 aliphatic rings. The molecular formula is C15H34N2O2. The molecule has 2 unspecified atom stereocenters. The predicted molar refractivity (Wildman–Crippen MR) is 81.7 cm³/mol. The lowest BCUT2D eigenvalue weighted by atomic mass is 10.00. The van der Waals surface area contributed by atoms with Crippen molar-refractivity contribution in [1.82, 2.24) is 10.2 Å². The van der Waals surface area contributed by atoms with Gasteiger partial charge in [0.1, 0.15) is 0 Å². The van der Waals surface area contributed by atoms with Crippen LogP contribution in [0.1, 0.15) is 34.6 Å². The average molecular weight is 274 g/mol. The van der Waals surface area contributed by atoms with E-state index in [1.165, 1.54) is 0 Å². The van der Waals surface area contributed by atoms with Crippen molar-refractivity contribution in [2.75, 3.05) is 47.1 Å². The van der Waals surface area contributed by atoms with Crippen LogP contribution >= 0.6 is 0 Å². The summed E-state index contributed by atoms with van der Waals surface area (Å²) in [6.45, 7) is 15.7. The summed E-state index contributed by atoms with van der Waals surface area (Å²) in [5.41, 5.74) is 0.178. The van der Waals surface area contributed by atoms with Gasteiger partial charge in [-0.1, -0.05) is 6.92 Å². The van der Waals surface area contributed by atoms with Gasteiger partial charge in [0.25, 0.3) is 0 Å². The van der Waals surface area contributed by atoms with Crippen LogP contribution in [0.4, 0.5) is 0 Å². The molecule has 0 aliphatic heterocycles. The zero-order valence-corrected chi connectivity index (χ0v) is 14.0. The zero-order chi connectivity index (χ0) is 14.9. The van der Waals surface area contributed by atoms with E-state index in [4.69, 9.17) is 9.47 Å². The van der Waals surface area contributed by atoms with Crippen LogP contribution in [-0.4, -0.2) is 63.5 Å². The molecule has 0 rings (SSSR count). The molecule has 0 amide bonds. The normalized spacial score (nSPS) is 15.8. The molecular weight excluding hydrogens is 240 g/mol. The summed E-state index contributed by atoms with van der Waals surface area (Å²) in [6.07, 6.45) is 0. The van der Waals surface area contributed by atoms with Crippen molar-refractivity contribution >= 4 is 0 Å². The molecule has 0 heterocycles. The lowest BCUT2D eigenvalue weighted by Gasteiger charge is -2.34. The predicted octanol–water partition coefficient (Wildman–Crippen LogP) is 1.99. The van der Waals surface area contributed by atoms with Gasteiger partial charge < -0.3 is 14.8 Å². The van der Waals surface area contributed by atoms with E-state index >= 15 is 0 Å². The number of hydrogen-bond donors (Lipinski definition) is 1. The molecule has 1 N–H and O–H groups in total. The van der Waals surface area contributed by atoms with Crippen LogP contribution in [0.5, 0.6) is 0 Å². The summed E-state index contributed by atoms with van der Waals surface area (Å²) < 4.78 is 10.4. The summed E-state index contributed by atoms with van der Waals surface area (Å²) in [7, 11) is 3.51. The molecule has 0 aliphatic carbocycles. The van der Waals surface area contributed by atoms with Gasteiger partial charge >= 0.3 is 0 Å². The van der Waals surface area contributed by atoms with Crippen molar-refractivity contribution in [2.45, 2.75) is 46.2 Å². The highest BCUT2D eigenvalue weighted by Crippen LogP contribution is 2.11. The highest BCUT2D eigenvalue weighted by Gasteiger charge is 2.21. The van der Waals surface area contributed by atoms with Crippen LogP contribution in [0.25, 0.3) is 0 Å². The van der Waals surface area contributed by atoms with E-state index in [1.54, 1.807) is 14.2 Å². The molecule has 0 saturated carbocycles. The Labute approximate surface area is 119 Å². The lowest BCUT2D eigenvalue weighted by Crippen LogP contribution is -2.47. The summed E-state index contributed by atoms with van der Waals surface area (Å²) in [6, 6.07) is 0.514. The minimum absolute atomic E-state index is 0.178. The third kappa shape index (κ3) is 9.38. The quantitative estimate of drug-likeness (QED) is 0.660. The number of methoxy groups -OCH3 is 2. The van der Waals surface area contributed by atoms with Gasteiger partial charge in [-0.3, -0.25) is 4.90 Å². The maximum Gasteiger partial charge on any atom is 0.0589 e. The molecule has 0 fully saturated rings. The molecule has 0 saturated heterocycles. The Bertz CT molecular complexity index is 209. The fourth-order valence-corrected chi connectivity index (χ4v) is 1.93. The lowest BCUT2D eigenvalue weighted by molar-refractivity contribution is 0.0739. The summed E-state index contributed by atoms with van der Waals surface area (Å²) >= 11 is 0. The van der Waals surface area contributed by atoms with E-state index in [2.05, 4.69) is 44.8 Å². The van der Waals surface area contributed by atoms with Crippen LogP contribution in [0, 0.1) is 5.92 Å². The number of ether oxygens (including phenoxy) is 2. The van der Waals surface area contributed by atoms with E-state index in [1.807, 2.05) is 0 Å². The Morgan fingerprint density at radius 1 is 1.00 bits per heavy atom. The molecule has 2 atom stereocenters. The molecule has 0 aromatic carbocycles. The fraction of sp³-hybridized carbons (Fsp3) is 1.00. The van der Waals surface area contributed by atoms with Gasteiger partial charge in [-0.2, -0.15) is 0 Å². The van der Waals surface area contributed by atoms with E-state index in [0.29, 0.717) is 12.0 Å². The van der Waals surface area contributed by atoms with E-state index < -0.39 is 0 Å². The van der Waals surface area contributed by atoms with Crippen molar-refractivity contribution < 1.29 is 9.47 Å². The number of nitrogens with one attached hydrogen (secondary N) is 1. The molecule has 0 radical (unpaired) electrons. The topological polar surface area (TPSA) is 33.7 Å². The second-order valence-corrected chi connectivity index (χ2v) is 6.37. The molecule has 0 aromatic heterocycles. The van der Waals surface area contributed by atoms with Crippen LogP contribution < -0.4 is 5.32 Å². The highest BCUT2D eigenvalue weighted by atomic mass is 16.5. The molecule has 0 aromatic rings. The summed E-state index contributed by atoms with van der Waals surface area (Å²) in [5, 5.41) is 3.58. The van der Waals surface area contributed by atoms with Gasteiger partial charge in [0.2, 0.25) is 0 Å². The van der Waals surface area contributed by atoms with Gasteiger partial charge in [0.15, 0.2) is 0 Å². The summed E-state index contributed by atoms with van der Waals surface area (Å²) in [5.74, 6) is 0.591. The van der Waals surface area contributed by atoms with Crippen molar-refractivity contribution in [3.05, 3.63) is 0 Å². The number of hydrogen-bond acceptors (Lipinski definition) is 4. The van der Waals surface area contributed by atoms with E-state index in [-0.39, 0.29) is 5.54 Å². The Kier molecular flexibility index (Phi) is 9.62. The summed E-state index contributed by atoms with van der Waals surface area (Å²) in [4.78, 5) is 2.45. The van der Waals surface area contributed by atoms with Gasteiger partial charge in [0, 0.05) is 38.9 Å². The molecule has 116 valence electrons. The third-order valence-electron chi connectivity index (χ3n) is 3.52. The average Bonchev–Trinajstić information content (AvgIpc) is 2.34. The fourth-order valence-electron chi connectivity index (χ4n) is 1.93. The van der Waals surface area contributed by atoms with Crippen LogP contribution in [-0.2, 0) is 9.47 Å². The first-order valence-corrected chi connectivity index (χ1v) is 7.28. The number of rotatable bonds is 10. The second-order valence-electron chi connectivity index (χ2n) is 6.37. The molecule has 0 spiro atoms. The first-order chi connectivity index (χ1) is 8.81. The first kappa shape index (κ1) is 18.8. The first-order valence-electron chi connectivity index (χ1n) is 7.28. The van der Waals surface area contributed by atoms with E-state index in [0.717, 1.165) is 32.8 Å². The van der Waals surface area contributed by atoms with Crippen molar-refractivity contribution in [1.29, 1.82) is 0 Å². The Hall–Kier alpha value is -0.160. The maximum absolute atomic E-state index is 5.20. The molecule has 19 heavy (non-hydrogen) atoms. The second kappa shape index (κ2) is 9.70. The SMILES string of the molecule is COCCN(CCOC)C(C)C(C)CNC(C)(C)C. The van der Waals surface area contributed by atoms with E-state index in [9.17, 15) is 0 Å². The standard InChI is InChI=1S/C15H34N2O2/c1-13(12-16-15(3,4)5)14(2)17(8-10-18-6)9-11-19-7/h13-14,16H,8-12H2,1-7H3. The largest absolute Gasteiger partial charge is 0.383 e. The zero-order valence-electron chi connectivity index (χ0n) is 14.0. The highest BCUT2D eigenvalue weighted by molar-refractivity contribution is 4.78. The Morgan fingerprint density at radius 2 is 1.47 bits per heavy atom. The molecule has 0 bridgehead atoms.